The zero-order valence-electron chi connectivity index (χ0n) is 11.2. The number of hydrogen-bond donors (Lipinski definition) is 1. The first-order valence-corrected chi connectivity index (χ1v) is 6.66. The van der Waals surface area contributed by atoms with Gasteiger partial charge in [0.25, 0.3) is 0 Å². The fraction of sp³-hybridized carbons (Fsp3) is 0.643. The molecule has 18 heavy (non-hydrogen) atoms. The van der Waals surface area contributed by atoms with Crippen LogP contribution in [-0.4, -0.2) is 30.4 Å². The van der Waals surface area contributed by atoms with E-state index in [0.29, 0.717) is 24.9 Å². The van der Waals surface area contributed by atoms with Crippen LogP contribution in [0.25, 0.3) is 0 Å². The number of rotatable bonds is 4. The molecule has 0 aromatic carbocycles. The highest BCUT2D eigenvalue weighted by molar-refractivity contribution is 5.78. The summed E-state index contributed by atoms with van der Waals surface area (Å²) in [5.74, 6) is 2.29. The molecule has 0 bridgehead atoms. The predicted octanol–water partition coefficient (Wildman–Crippen LogP) is 1.87. The van der Waals surface area contributed by atoms with E-state index < -0.39 is 0 Å². The first-order chi connectivity index (χ1) is 8.65. The average molecular weight is 250 g/mol. The monoisotopic (exact) mass is 250 g/mol. The van der Waals surface area contributed by atoms with Gasteiger partial charge < -0.3 is 14.6 Å². The second-order valence-electron chi connectivity index (χ2n) is 5.43. The van der Waals surface area contributed by atoms with E-state index in [1.165, 1.54) is 6.42 Å². The van der Waals surface area contributed by atoms with Crippen LogP contribution in [0.4, 0.5) is 0 Å². The molecule has 100 valence electrons. The van der Waals surface area contributed by atoms with Gasteiger partial charge in [-0.25, -0.2) is 0 Å². The number of furan rings is 1. The molecular formula is C14H22N2O2. The number of nitrogens with zero attached hydrogens (tertiary/aromatic N) is 1. The van der Waals surface area contributed by atoms with E-state index >= 15 is 0 Å². The van der Waals surface area contributed by atoms with Gasteiger partial charge >= 0.3 is 0 Å². The topological polar surface area (TPSA) is 45.5 Å². The van der Waals surface area contributed by atoms with Crippen molar-refractivity contribution < 1.29 is 9.21 Å². The van der Waals surface area contributed by atoms with Crippen molar-refractivity contribution in [3.05, 3.63) is 24.2 Å². The van der Waals surface area contributed by atoms with Crippen molar-refractivity contribution in [2.24, 2.45) is 11.8 Å². The van der Waals surface area contributed by atoms with Crippen LogP contribution in [0.3, 0.4) is 0 Å². The SMILES string of the molecule is C[C@H]1C[C@H](C)CN(C(=O)CNCc2ccco2)C1. The summed E-state index contributed by atoms with van der Waals surface area (Å²) in [5, 5.41) is 3.13. The Kier molecular flexibility index (Phi) is 4.42. The smallest absolute Gasteiger partial charge is 0.236 e. The predicted molar refractivity (Wildman–Crippen MR) is 69.9 cm³/mol. The standard InChI is InChI=1S/C14H22N2O2/c1-11-6-12(2)10-16(9-11)14(17)8-15-7-13-4-3-5-18-13/h3-5,11-12,15H,6-10H2,1-2H3/t11-,12-/m0/s1. The van der Waals surface area contributed by atoms with Crippen LogP contribution in [0.15, 0.2) is 22.8 Å². The van der Waals surface area contributed by atoms with Crippen LogP contribution in [-0.2, 0) is 11.3 Å². The van der Waals surface area contributed by atoms with Gasteiger partial charge in [0.1, 0.15) is 5.76 Å². The van der Waals surface area contributed by atoms with Gasteiger partial charge in [-0.15, -0.1) is 0 Å². The maximum absolute atomic E-state index is 12.1. The lowest BCUT2D eigenvalue weighted by atomic mass is 9.92. The van der Waals surface area contributed by atoms with Crippen LogP contribution >= 0.6 is 0 Å². The minimum Gasteiger partial charge on any atom is -0.468 e. The second-order valence-corrected chi connectivity index (χ2v) is 5.43. The Morgan fingerprint density at radius 2 is 2.17 bits per heavy atom. The van der Waals surface area contributed by atoms with E-state index in [1.54, 1.807) is 6.26 Å². The molecule has 4 heteroatoms. The third-order valence-electron chi connectivity index (χ3n) is 3.38. The highest BCUT2D eigenvalue weighted by Crippen LogP contribution is 2.20. The summed E-state index contributed by atoms with van der Waals surface area (Å²) in [6.45, 7) is 7.22. The molecule has 4 nitrogen and oxygen atoms in total. The Morgan fingerprint density at radius 3 is 2.78 bits per heavy atom. The fourth-order valence-electron chi connectivity index (χ4n) is 2.68. The van der Waals surface area contributed by atoms with Gasteiger partial charge in [0, 0.05) is 13.1 Å². The molecule has 0 unspecified atom stereocenters. The molecule has 1 N–H and O–H groups in total. The molecular weight excluding hydrogens is 228 g/mol. The van der Waals surface area contributed by atoms with Gasteiger partial charge in [-0.2, -0.15) is 0 Å². The van der Waals surface area contributed by atoms with Crippen molar-refractivity contribution in [2.75, 3.05) is 19.6 Å². The number of likely N-dealkylation sites (tertiary alicyclic amines) is 1. The summed E-state index contributed by atoms with van der Waals surface area (Å²) in [6, 6.07) is 3.76. The normalized spacial score (nSPS) is 24.2. The molecule has 0 radical (unpaired) electrons. The summed E-state index contributed by atoms with van der Waals surface area (Å²) in [6.07, 6.45) is 2.87. The van der Waals surface area contributed by atoms with Gasteiger partial charge in [-0.1, -0.05) is 13.8 Å². The first-order valence-electron chi connectivity index (χ1n) is 6.66. The molecule has 2 atom stereocenters. The molecule has 0 spiro atoms. The maximum Gasteiger partial charge on any atom is 0.236 e. The number of nitrogens with one attached hydrogen (secondary N) is 1. The van der Waals surface area contributed by atoms with E-state index in [9.17, 15) is 4.79 Å². The van der Waals surface area contributed by atoms with Crippen molar-refractivity contribution in [3.8, 4) is 0 Å². The Hall–Kier alpha value is -1.29. The zero-order valence-corrected chi connectivity index (χ0v) is 11.2. The average Bonchev–Trinajstić information content (AvgIpc) is 2.80. The quantitative estimate of drug-likeness (QED) is 0.887. The van der Waals surface area contributed by atoms with Gasteiger partial charge in [0.15, 0.2) is 0 Å². The number of amides is 1. The lowest BCUT2D eigenvalue weighted by Gasteiger charge is -2.35. The van der Waals surface area contributed by atoms with E-state index in [1.807, 2.05) is 17.0 Å². The molecule has 0 saturated carbocycles. The maximum atomic E-state index is 12.1. The Labute approximate surface area is 108 Å². The number of piperidine rings is 1. The lowest BCUT2D eigenvalue weighted by Crippen LogP contribution is -2.45. The van der Waals surface area contributed by atoms with Crippen molar-refractivity contribution in [1.82, 2.24) is 10.2 Å². The third-order valence-corrected chi connectivity index (χ3v) is 3.38. The molecule has 1 aromatic heterocycles. The molecule has 1 aromatic rings. The van der Waals surface area contributed by atoms with Crippen molar-refractivity contribution >= 4 is 5.91 Å². The van der Waals surface area contributed by atoms with E-state index in [-0.39, 0.29) is 5.91 Å². The van der Waals surface area contributed by atoms with E-state index in [4.69, 9.17) is 4.42 Å². The zero-order chi connectivity index (χ0) is 13.0. The molecule has 0 aliphatic carbocycles. The van der Waals surface area contributed by atoms with Gasteiger partial charge in [0.05, 0.1) is 19.4 Å². The fourth-order valence-corrected chi connectivity index (χ4v) is 2.68. The van der Waals surface area contributed by atoms with Crippen LogP contribution < -0.4 is 5.32 Å². The Morgan fingerprint density at radius 1 is 1.44 bits per heavy atom. The lowest BCUT2D eigenvalue weighted by molar-refractivity contribution is -0.132. The molecule has 2 heterocycles. The van der Waals surface area contributed by atoms with Crippen molar-refractivity contribution in [3.63, 3.8) is 0 Å². The number of carbonyl (C=O) groups is 1. The molecule has 2 rings (SSSR count). The van der Waals surface area contributed by atoms with Gasteiger partial charge in [-0.05, 0) is 30.4 Å². The van der Waals surface area contributed by atoms with Crippen LogP contribution in [0, 0.1) is 11.8 Å². The molecule has 1 fully saturated rings. The Bertz CT molecular complexity index is 365. The largest absolute Gasteiger partial charge is 0.468 e. The summed E-state index contributed by atoms with van der Waals surface area (Å²) in [5.41, 5.74) is 0. The molecule has 1 amide bonds. The first kappa shape index (κ1) is 13.1. The number of hydrogen-bond acceptors (Lipinski definition) is 3. The minimum atomic E-state index is 0.194. The van der Waals surface area contributed by atoms with E-state index in [2.05, 4.69) is 19.2 Å². The van der Waals surface area contributed by atoms with Crippen molar-refractivity contribution in [2.45, 2.75) is 26.8 Å². The number of carbonyl (C=O) groups excluding carboxylic acids is 1. The third kappa shape index (κ3) is 3.60. The summed E-state index contributed by atoms with van der Waals surface area (Å²) < 4.78 is 5.21. The summed E-state index contributed by atoms with van der Waals surface area (Å²) in [7, 11) is 0. The summed E-state index contributed by atoms with van der Waals surface area (Å²) >= 11 is 0. The highest BCUT2D eigenvalue weighted by atomic mass is 16.3. The van der Waals surface area contributed by atoms with Crippen LogP contribution in [0.2, 0.25) is 0 Å². The van der Waals surface area contributed by atoms with Crippen molar-refractivity contribution in [1.29, 1.82) is 0 Å². The molecule has 1 saturated heterocycles. The summed E-state index contributed by atoms with van der Waals surface area (Å²) in [4.78, 5) is 14.0. The minimum absolute atomic E-state index is 0.194. The van der Waals surface area contributed by atoms with Crippen LogP contribution in [0.1, 0.15) is 26.0 Å². The van der Waals surface area contributed by atoms with Crippen LogP contribution in [0.5, 0.6) is 0 Å². The highest BCUT2D eigenvalue weighted by Gasteiger charge is 2.24. The second kappa shape index (κ2) is 6.05. The molecule has 1 aliphatic rings. The Balaban J connectivity index is 1.74. The van der Waals surface area contributed by atoms with Gasteiger partial charge in [-0.3, -0.25) is 4.79 Å². The van der Waals surface area contributed by atoms with Gasteiger partial charge in [0.2, 0.25) is 5.91 Å². The molecule has 1 aliphatic heterocycles. The van der Waals surface area contributed by atoms with E-state index in [0.717, 1.165) is 18.8 Å².